The zero-order chi connectivity index (χ0) is 15.5. The average Bonchev–Trinajstić information content (AvgIpc) is 3.02. The van der Waals surface area contributed by atoms with Gasteiger partial charge in [0.2, 0.25) is 5.91 Å². The quantitative estimate of drug-likeness (QED) is 0.868. The number of likely N-dealkylation sites (N-methyl/N-ethyl adjacent to an activating group) is 1. The van der Waals surface area contributed by atoms with E-state index in [-0.39, 0.29) is 11.8 Å². The monoisotopic (exact) mass is 298 g/mol. The minimum atomic E-state index is -0.149. The Morgan fingerprint density at radius 3 is 3.14 bits per heavy atom. The van der Waals surface area contributed by atoms with Crippen LogP contribution in [0, 0.1) is 5.92 Å². The molecule has 2 aromatic rings. The molecule has 0 unspecified atom stereocenters. The number of nitrogens with zero attached hydrogens (tertiary/aromatic N) is 4. The molecule has 0 aliphatic carbocycles. The number of amides is 1. The van der Waals surface area contributed by atoms with Gasteiger partial charge in [-0.25, -0.2) is 4.98 Å². The summed E-state index contributed by atoms with van der Waals surface area (Å²) in [6.45, 7) is 3.74. The van der Waals surface area contributed by atoms with Crippen LogP contribution in [0.25, 0.3) is 0 Å². The van der Waals surface area contributed by atoms with Gasteiger partial charge in [0.15, 0.2) is 0 Å². The van der Waals surface area contributed by atoms with E-state index in [4.69, 9.17) is 0 Å². The number of carbonyl (C=O) groups excluding carboxylic acids is 1. The first kappa shape index (κ1) is 14.8. The van der Waals surface area contributed by atoms with Gasteiger partial charge < -0.3 is 9.47 Å². The van der Waals surface area contributed by atoms with E-state index in [1.54, 1.807) is 12.4 Å². The largest absolute Gasteiger partial charge is 0.345 e. The van der Waals surface area contributed by atoms with Crippen molar-refractivity contribution in [2.75, 3.05) is 13.6 Å². The van der Waals surface area contributed by atoms with E-state index in [0.717, 1.165) is 37.3 Å². The Morgan fingerprint density at radius 2 is 2.36 bits per heavy atom. The number of rotatable bonds is 4. The standard InChI is InChI=1S/C17H22N4O/c1-13(15-4-3-6-18-11-15)17(22)20(2)12-14-5-8-21-9-7-19-16(21)10-14/h3-4,6-7,9,11,13-14H,5,8,10,12H2,1-2H3/t13-,14+/m1/s1. The van der Waals surface area contributed by atoms with Gasteiger partial charge in [0, 0.05) is 51.3 Å². The molecule has 0 N–H and O–H groups in total. The molecule has 22 heavy (non-hydrogen) atoms. The van der Waals surface area contributed by atoms with Gasteiger partial charge in [-0.05, 0) is 30.9 Å². The summed E-state index contributed by atoms with van der Waals surface area (Å²) in [5, 5.41) is 0. The number of pyridine rings is 1. The molecular weight excluding hydrogens is 276 g/mol. The summed E-state index contributed by atoms with van der Waals surface area (Å²) in [6.07, 6.45) is 9.44. The number of carbonyl (C=O) groups is 1. The second-order valence-electron chi connectivity index (χ2n) is 6.12. The molecule has 0 spiro atoms. The van der Waals surface area contributed by atoms with Crippen molar-refractivity contribution in [3.8, 4) is 0 Å². The van der Waals surface area contributed by atoms with E-state index in [0.29, 0.717) is 5.92 Å². The maximum Gasteiger partial charge on any atom is 0.229 e. The number of aryl methyl sites for hydroxylation is 1. The molecule has 2 aromatic heterocycles. The van der Waals surface area contributed by atoms with Gasteiger partial charge in [0.25, 0.3) is 0 Å². The van der Waals surface area contributed by atoms with Crippen LogP contribution in [0.2, 0.25) is 0 Å². The van der Waals surface area contributed by atoms with Crippen molar-refractivity contribution in [1.82, 2.24) is 19.4 Å². The number of imidazole rings is 1. The fourth-order valence-corrected chi connectivity index (χ4v) is 3.15. The molecular formula is C17H22N4O. The van der Waals surface area contributed by atoms with E-state index in [1.165, 1.54) is 0 Å². The van der Waals surface area contributed by atoms with Crippen LogP contribution in [0.15, 0.2) is 36.9 Å². The highest BCUT2D eigenvalue weighted by molar-refractivity contribution is 5.83. The van der Waals surface area contributed by atoms with Crippen molar-refractivity contribution in [3.63, 3.8) is 0 Å². The molecule has 0 saturated carbocycles. The number of fused-ring (bicyclic) bond motifs is 1. The van der Waals surface area contributed by atoms with Gasteiger partial charge in [-0.2, -0.15) is 0 Å². The van der Waals surface area contributed by atoms with Crippen LogP contribution >= 0.6 is 0 Å². The average molecular weight is 298 g/mol. The molecule has 0 fully saturated rings. The predicted molar refractivity (Wildman–Crippen MR) is 84.3 cm³/mol. The summed E-state index contributed by atoms with van der Waals surface area (Å²) >= 11 is 0. The van der Waals surface area contributed by atoms with E-state index in [2.05, 4.69) is 14.5 Å². The lowest BCUT2D eigenvalue weighted by molar-refractivity contribution is -0.131. The zero-order valence-corrected chi connectivity index (χ0v) is 13.1. The van der Waals surface area contributed by atoms with Crippen LogP contribution in [0.3, 0.4) is 0 Å². The van der Waals surface area contributed by atoms with E-state index < -0.39 is 0 Å². The Bertz CT molecular complexity index is 637. The Balaban J connectivity index is 1.60. The first-order valence-electron chi connectivity index (χ1n) is 7.80. The van der Waals surface area contributed by atoms with Crippen LogP contribution in [0.5, 0.6) is 0 Å². The highest BCUT2D eigenvalue weighted by Gasteiger charge is 2.25. The van der Waals surface area contributed by atoms with E-state index in [9.17, 15) is 4.79 Å². The van der Waals surface area contributed by atoms with Gasteiger partial charge in [-0.3, -0.25) is 9.78 Å². The summed E-state index contributed by atoms with van der Waals surface area (Å²) in [6, 6.07) is 3.83. The normalized spacial score (nSPS) is 18.5. The number of hydrogen-bond donors (Lipinski definition) is 0. The first-order chi connectivity index (χ1) is 10.6. The van der Waals surface area contributed by atoms with Gasteiger partial charge in [-0.15, -0.1) is 0 Å². The Hall–Kier alpha value is -2.17. The van der Waals surface area contributed by atoms with Crippen molar-refractivity contribution >= 4 is 5.91 Å². The van der Waals surface area contributed by atoms with Crippen molar-refractivity contribution in [1.29, 1.82) is 0 Å². The second kappa shape index (κ2) is 6.30. The van der Waals surface area contributed by atoms with Crippen molar-refractivity contribution in [2.45, 2.75) is 32.2 Å². The van der Waals surface area contributed by atoms with Crippen LogP contribution < -0.4 is 0 Å². The third-order valence-corrected chi connectivity index (χ3v) is 4.51. The van der Waals surface area contributed by atoms with Gasteiger partial charge >= 0.3 is 0 Å². The Morgan fingerprint density at radius 1 is 1.50 bits per heavy atom. The van der Waals surface area contributed by atoms with Crippen LogP contribution in [-0.4, -0.2) is 38.9 Å². The minimum Gasteiger partial charge on any atom is -0.345 e. The lowest BCUT2D eigenvalue weighted by Crippen LogP contribution is -2.37. The molecule has 116 valence electrons. The van der Waals surface area contributed by atoms with Gasteiger partial charge in [0.05, 0.1) is 5.92 Å². The van der Waals surface area contributed by atoms with Crippen LogP contribution in [0.4, 0.5) is 0 Å². The van der Waals surface area contributed by atoms with Crippen molar-refractivity contribution in [2.24, 2.45) is 5.92 Å². The molecule has 0 aromatic carbocycles. The van der Waals surface area contributed by atoms with E-state index >= 15 is 0 Å². The third kappa shape index (κ3) is 3.03. The second-order valence-corrected chi connectivity index (χ2v) is 6.12. The highest BCUT2D eigenvalue weighted by atomic mass is 16.2. The summed E-state index contributed by atoms with van der Waals surface area (Å²) < 4.78 is 2.20. The molecule has 1 aliphatic rings. The number of aromatic nitrogens is 3. The lowest BCUT2D eigenvalue weighted by atomic mass is 9.96. The predicted octanol–water partition coefficient (Wildman–Crippen LogP) is 2.10. The maximum atomic E-state index is 12.6. The molecule has 1 aliphatic heterocycles. The summed E-state index contributed by atoms with van der Waals surface area (Å²) in [4.78, 5) is 22.9. The minimum absolute atomic E-state index is 0.149. The zero-order valence-electron chi connectivity index (χ0n) is 13.1. The van der Waals surface area contributed by atoms with Gasteiger partial charge in [0.1, 0.15) is 5.82 Å². The smallest absolute Gasteiger partial charge is 0.229 e. The van der Waals surface area contributed by atoms with E-state index in [1.807, 2.05) is 43.4 Å². The molecule has 5 heteroatoms. The first-order valence-corrected chi connectivity index (χ1v) is 7.80. The molecule has 0 radical (unpaired) electrons. The highest BCUT2D eigenvalue weighted by Crippen LogP contribution is 2.22. The topological polar surface area (TPSA) is 51.0 Å². The Labute approximate surface area is 131 Å². The third-order valence-electron chi connectivity index (χ3n) is 4.51. The molecule has 3 heterocycles. The lowest BCUT2D eigenvalue weighted by Gasteiger charge is -2.29. The molecule has 3 rings (SSSR count). The SMILES string of the molecule is C[C@@H](C(=O)N(C)C[C@H]1CCn2ccnc2C1)c1cccnc1. The number of hydrogen-bond acceptors (Lipinski definition) is 3. The molecule has 2 atom stereocenters. The Kier molecular flexibility index (Phi) is 4.22. The fourth-order valence-electron chi connectivity index (χ4n) is 3.15. The summed E-state index contributed by atoms with van der Waals surface area (Å²) in [7, 11) is 1.90. The summed E-state index contributed by atoms with van der Waals surface area (Å²) in [5.41, 5.74) is 0.971. The maximum absolute atomic E-state index is 12.6. The fraction of sp³-hybridized carbons (Fsp3) is 0.471. The molecule has 0 saturated heterocycles. The van der Waals surface area contributed by atoms with Crippen molar-refractivity contribution < 1.29 is 4.79 Å². The van der Waals surface area contributed by atoms with Crippen LogP contribution in [-0.2, 0) is 17.8 Å². The molecule has 5 nitrogen and oxygen atoms in total. The summed E-state index contributed by atoms with van der Waals surface area (Å²) in [5.74, 6) is 1.63. The van der Waals surface area contributed by atoms with Gasteiger partial charge in [-0.1, -0.05) is 6.07 Å². The molecule has 1 amide bonds. The molecule has 0 bridgehead atoms. The van der Waals surface area contributed by atoms with Crippen molar-refractivity contribution in [3.05, 3.63) is 48.3 Å². The van der Waals surface area contributed by atoms with Crippen LogP contribution in [0.1, 0.15) is 30.7 Å².